The first kappa shape index (κ1) is 87.9. The fraction of sp³-hybridized carbons (Fsp3) is 0.683. The first-order chi connectivity index (χ1) is 45.0. The van der Waals surface area contributed by atoms with Crippen molar-refractivity contribution in [1.82, 2.24) is 0 Å². The molecule has 0 aromatic rings. The minimum Gasteiger partial charge on any atom is -0.756 e. The smallest absolute Gasteiger partial charge is 0.306 e. The molecule has 0 spiro atoms. The van der Waals surface area contributed by atoms with Crippen molar-refractivity contribution in [2.45, 2.75) is 315 Å². The summed E-state index contributed by atoms with van der Waals surface area (Å²) in [6.07, 6.45) is 105. The molecule has 10 heteroatoms. The van der Waals surface area contributed by atoms with E-state index in [2.05, 4.69) is 160 Å². The largest absolute Gasteiger partial charge is 0.756 e. The highest BCUT2D eigenvalue weighted by molar-refractivity contribution is 7.45. The van der Waals surface area contributed by atoms with Crippen molar-refractivity contribution < 1.29 is 42.1 Å². The number of quaternary nitrogens is 1. The summed E-state index contributed by atoms with van der Waals surface area (Å²) >= 11 is 0. The van der Waals surface area contributed by atoms with Gasteiger partial charge in [0, 0.05) is 12.8 Å². The van der Waals surface area contributed by atoms with E-state index in [1.807, 2.05) is 21.1 Å². The first-order valence-corrected chi connectivity index (χ1v) is 39.0. The SMILES string of the molecule is CC/C=C\C/C=C\C/C=C\C/C=C\C/C=C\C/C=C\C/C=C\C/C=C\C/C=C\C/C=C\CCCCCCCCC(=O)OC(COC(=O)CCCCCCCCCCCCCCCCCCCCC/C=C\C/C=C\CCCCCCC)COP(=O)([O-])OCC[N+](C)(C)C. The number of phosphoric ester groups is 1. The lowest BCUT2D eigenvalue weighted by Crippen LogP contribution is -2.37. The maximum absolute atomic E-state index is 12.9. The fourth-order valence-corrected chi connectivity index (χ4v) is 10.9. The Bertz CT molecular complexity index is 2070. The summed E-state index contributed by atoms with van der Waals surface area (Å²) in [5, 5.41) is 0. The molecule has 9 nitrogen and oxygen atoms in total. The lowest BCUT2D eigenvalue weighted by atomic mass is 10.0. The Kier molecular flexibility index (Phi) is 68.0. The van der Waals surface area contributed by atoms with Crippen LogP contribution in [-0.2, 0) is 32.7 Å². The summed E-state index contributed by atoms with van der Waals surface area (Å²) in [7, 11) is 1.15. The zero-order chi connectivity index (χ0) is 66.9. The van der Waals surface area contributed by atoms with Gasteiger partial charge in [-0.05, 0) is 122 Å². The van der Waals surface area contributed by atoms with Crippen LogP contribution in [0.25, 0.3) is 0 Å². The Morgan fingerprint density at radius 3 is 0.924 bits per heavy atom. The molecular weight excluding hydrogens is 1160 g/mol. The van der Waals surface area contributed by atoms with E-state index >= 15 is 0 Å². The second kappa shape index (κ2) is 71.2. The second-order valence-electron chi connectivity index (χ2n) is 25.9. The Hall–Kier alpha value is -4.11. The van der Waals surface area contributed by atoms with E-state index in [9.17, 15) is 19.0 Å². The van der Waals surface area contributed by atoms with Gasteiger partial charge in [0.2, 0.25) is 0 Å². The van der Waals surface area contributed by atoms with Crippen LogP contribution in [0.4, 0.5) is 0 Å². The summed E-state index contributed by atoms with van der Waals surface area (Å²) < 4.78 is 34.3. The molecule has 0 aliphatic heterocycles. The predicted molar refractivity (Wildman–Crippen MR) is 397 cm³/mol. The summed E-state index contributed by atoms with van der Waals surface area (Å²) in [5.74, 6) is -0.849. The van der Waals surface area contributed by atoms with Crippen LogP contribution in [0.5, 0.6) is 0 Å². The monoisotopic (exact) mass is 1300 g/mol. The van der Waals surface area contributed by atoms with E-state index in [0.29, 0.717) is 17.4 Å². The first-order valence-electron chi connectivity index (χ1n) is 37.5. The van der Waals surface area contributed by atoms with Crippen LogP contribution in [0.15, 0.2) is 146 Å². The molecule has 2 unspecified atom stereocenters. The molecule has 0 aromatic heterocycles. The number of hydrogen-bond donors (Lipinski definition) is 0. The predicted octanol–water partition coefficient (Wildman–Crippen LogP) is 24.3. The summed E-state index contributed by atoms with van der Waals surface area (Å²) in [6.45, 7) is 4.11. The molecule has 0 bridgehead atoms. The van der Waals surface area contributed by atoms with Gasteiger partial charge in [-0.2, -0.15) is 0 Å². The van der Waals surface area contributed by atoms with Gasteiger partial charge in [0.1, 0.15) is 19.8 Å². The van der Waals surface area contributed by atoms with E-state index in [4.69, 9.17) is 18.5 Å². The summed E-state index contributed by atoms with van der Waals surface area (Å²) in [4.78, 5) is 38.1. The van der Waals surface area contributed by atoms with Gasteiger partial charge in [0.05, 0.1) is 27.7 Å². The van der Waals surface area contributed by atoms with E-state index in [-0.39, 0.29) is 32.0 Å². The zero-order valence-electron chi connectivity index (χ0n) is 59.9. The number of likely N-dealkylation sites (N-methyl/N-ethyl adjacent to an activating group) is 1. The zero-order valence-corrected chi connectivity index (χ0v) is 60.8. The van der Waals surface area contributed by atoms with Crippen molar-refractivity contribution in [3.05, 3.63) is 146 Å². The van der Waals surface area contributed by atoms with Crippen LogP contribution in [0.3, 0.4) is 0 Å². The van der Waals surface area contributed by atoms with E-state index in [0.717, 1.165) is 128 Å². The highest BCUT2D eigenvalue weighted by Gasteiger charge is 2.22. The number of unbranched alkanes of at least 4 members (excludes halogenated alkanes) is 30. The van der Waals surface area contributed by atoms with Gasteiger partial charge in [-0.1, -0.05) is 320 Å². The Labute approximate surface area is 567 Å². The molecule has 526 valence electrons. The van der Waals surface area contributed by atoms with E-state index in [1.54, 1.807) is 0 Å². The average molecular weight is 1300 g/mol. The van der Waals surface area contributed by atoms with Crippen LogP contribution in [0, 0.1) is 0 Å². The van der Waals surface area contributed by atoms with Crippen LogP contribution in [0.2, 0.25) is 0 Å². The van der Waals surface area contributed by atoms with E-state index in [1.165, 1.54) is 148 Å². The highest BCUT2D eigenvalue weighted by atomic mass is 31.2. The van der Waals surface area contributed by atoms with Crippen molar-refractivity contribution in [3.63, 3.8) is 0 Å². The van der Waals surface area contributed by atoms with Gasteiger partial charge >= 0.3 is 11.9 Å². The molecule has 0 amide bonds. The number of hydrogen-bond acceptors (Lipinski definition) is 8. The van der Waals surface area contributed by atoms with E-state index < -0.39 is 26.5 Å². The maximum Gasteiger partial charge on any atom is 0.306 e. The van der Waals surface area contributed by atoms with Crippen LogP contribution < -0.4 is 4.89 Å². The molecule has 0 aromatic carbocycles. The summed E-state index contributed by atoms with van der Waals surface area (Å²) in [5.41, 5.74) is 0. The molecule has 2 atom stereocenters. The Balaban J connectivity index is 4.10. The Morgan fingerprint density at radius 2 is 0.620 bits per heavy atom. The molecular formula is C82H140NO8P. The third-order valence-corrected chi connectivity index (χ3v) is 16.8. The third-order valence-electron chi connectivity index (χ3n) is 15.8. The van der Waals surface area contributed by atoms with Crippen LogP contribution in [-0.4, -0.2) is 70.0 Å². The quantitative estimate of drug-likeness (QED) is 0.0195. The van der Waals surface area contributed by atoms with Crippen LogP contribution >= 0.6 is 7.82 Å². The number of esters is 2. The lowest BCUT2D eigenvalue weighted by Gasteiger charge is -2.28. The average Bonchev–Trinajstić information content (AvgIpc) is 2.34. The maximum atomic E-state index is 12.9. The number of rotatable bonds is 68. The molecule has 0 saturated heterocycles. The van der Waals surface area contributed by atoms with Gasteiger partial charge in [-0.3, -0.25) is 14.2 Å². The molecule has 0 N–H and O–H groups in total. The lowest BCUT2D eigenvalue weighted by molar-refractivity contribution is -0.870. The molecule has 0 aliphatic rings. The summed E-state index contributed by atoms with van der Waals surface area (Å²) in [6, 6.07) is 0. The Morgan fingerprint density at radius 1 is 0.348 bits per heavy atom. The minimum atomic E-state index is -4.66. The number of carbonyl (C=O) groups is 2. The second-order valence-corrected chi connectivity index (χ2v) is 27.3. The molecule has 0 rings (SSSR count). The normalized spacial score (nSPS) is 13.9. The minimum absolute atomic E-state index is 0.0400. The molecule has 0 radical (unpaired) electrons. The van der Waals surface area contributed by atoms with Crippen LogP contribution in [0.1, 0.15) is 309 Å². The third kappa shape index (κ3) is 74.9. The molecule has 0 saturated carbocycles. The number of ether oxygens (including phenoxy) is 2. The standard InChI is InChI=1S/C82H140NO8P/c1-6-8-10-12-14-16-18-20-22-24-26-28-30-32-34-36-38-39-40-41-42-43-45-47-49-51-53-55-57-59-61-63-65-67-69-71-73-75-82(85)91-80(79-90-92(86,87)89-77-76-83(3,4)5)78-88-81(84)74-72-70-68-66-64-62-60-58-56-54-52-50-48-46-44-37-35-33-31-29-27-25-23-21-19-17-15-13-11-9-7-2/h8,10,14,16,19-22,25-28,32,34,38-39,41-42,45,47,51,53,57,59,80H,6-7,9,11-13,15,17-18,23-24,29-31,33,35-37,40,43-44,46,48-50,52,54-56,58,60-79H2,1-5H3/b10-8-,16-14-,21-19-,22-20-,27-25-,28-26-,34-32-,39-38-,42-41-,47-45-,53-51-,59-57-. The van der Waals surface area contributed by atoms with Crippen molar-refractivity contribution in [2.24, 2.45) is 0 Å². The highest BCUT2D eigenvalue weighted by Crippen LogP contribution is 2.38. The van der Waals surface area contributed by atoms with Crippen molar-refractivity contribution >= 4 is 19.8 Å². The molecule has 0 fully saturated rings. The molecule has 0 heterocycles. The van der Waals surface area contributed by atoms with Gasteiger partial charge < -0.3 is 27.9 Å². The topological polar surface area (TPSA) is 111 Å². The van der Waals surface area contributed by atoms with Gasteiger partial charge in [-0.15, -0.1) is 0 Å². The molecule has 0 aliphatic carbocycles. The number of carbonyl (C=O) groups excluding carboxylic acids is 2. The van der Waals surface area contributed by atoms with Crippen molar-refractivity contribution in [1.29, 1.82) is 0 Å². The number of phosphoric acid groups is 1. The van der Waals surface area contributed by atoms with Gasteiger partial charge in [-0.25, -0.2) is 0 Å². The van der Waals surface area contributed by atoms with Crippen molar-refractivity contribution in [2.75, 3.05) is 47.5 Å². The fourth-order valence-electron chi connectivity index (χ4n) is 10.1. The number of allylic oxidation sites excluding steroid dienone is 24. The van der Waals surface area contributed by atoms with Gasteiger partial charge in [0.25, 0.3) is 7.82 Å². The molecule has 92 heavy (non-hydrogen) atoms. The van der Waals surface area contributed by atoms with Gasteiger partial charge in [0.15, 0.2) is 6.10 Å². The van der Waals surface area contributed by atoms with Crippen molar-refractivity contribution in [3.8, 4) is 0 Å². The number of nitrogens with zero attached hydrogens (tertiary/aromatic N) is 1.